The zero-order chi connectivity index (χ0) is 26.2. The van der Waals surface area contributed by atoms with Crippen molar-refractivity contribution in [3.8, 4) is 5.75 Å². The van der Waals surface area contributed by atoms with Gasteiger partial charge in [0.25, 0.3) is 5.56 Å². The van der Waals surface area contributed by atoms with Gasteiger partial charge in [0.05, 0.1) is 6.54 Å². The lowest BCUT2D eigenvalue weighted by atomic mass is 9.90. The summed E-state index contributed by atoms with van der Waals surface area (Å²) in [5.41, 5.74) is 1.10. The monoisotopic (exact) mass is 576 g/mol. The Labute approximate surface area is 222 Å². The first-order chi connectivity index (χ1) is 17.9. The number of piperidine rings is 1. The Hall–Kier alpha value is -2.85. The molecule has 4 rings (SSSR count). The van der Waals surface area contributed by atoms with Crippen LogP contribution in [0.15, 0.2) is 68.8 Å². The molecule has 37 heavy (non-hydrogen) atoms. The summed E-state index contributed by atoms with van der Waals surface area (Å²) in [6.45, 7) is 0.774. The highest BCUT2D eigenvalue weighted by Crippen LogP contribution is 2.29. The van der Waals surface area contributed by atoms with Crippen LogP contribution >= 0.6 is 15.9 Å². The number of hydrogen-bond acceptors (Lipinski definition) is 5. The van der Waals surface area contributed by atoms with Gasteiger partial charge in [-0.25, -0.2) is 9.48 Å². The Bertz CT molecular complexity index is 1270. The first-order valence-corrected chi connectivity index (χ1v) is 13.3. The normalized spacial score (nSPS) is 14.8. The van der Waals surface area contributed by atoms with E-state index in [-0.39, 0.29) is 18.0 Å². The van der Waals surface area contributed by atoms with Gasteiger partial charge in [-0.15, -0.1) is 0 Å². The molecule has 0 bridgehead atoms. The molecule has 0 unspecified atom stereocenters. The van der Waals surface area contributed by atoms with E-state index in [1.54, 1.807) is 18.2 Å². The number of hydrogen-bond donors (Lipinski definition) is 0. The van der Waals surface area contributed by atoms with Crippen LogP contribution in [0.25, 0.3) is 0 Å². The van der Waals surface area contributed by atoms with Gasteiger partial charge in [0.2, 0.25) is 0 Å². The van der Waals surface area contributed by atoms with Gasteiger partial charge in [-0.05, 0) is 87.0 Å². The van der Waals surface area contributed by atoms with E-state index in [0.29, 0.717) is 12.5 Å². The summed E-state index contributed by atoms with van der Waals surface area (Å²) in [4.78, 5) is 27.4. The van der Waals surface area contributed by atoms with Crippen molar-refractivity contribution in [1.82, 2.24) is 19.2 Å². The number of ether oxygens (including phenoxy) is 1. The molecule has 3 aromatic rings. The minimum Gasteiger partial charge on any atom is -0.435 e. The molecule has 0 atom stereocenters. The van der Waals surface area contributed by atoms with Gasteiger partial charge in [0, 0.05) is 11.0 Å². The van der Waals surface area contributed by atoms with E-state index in [4.69, 9.17) is 0 Å². The number of benzene rings is 2. The maximum Gasteiger partial charge on any atom is 0.387 e. The van der Waals surface area contributed by atoms with E-state index >= 15 is 0 Å². The molecule has 1 aliphatic heterocycles. The third kappa shape index (κ3) is 7.82. The van der Waals surface area contributed by atoms with Gasteiger partial charge in [0.15, 0.2) is 0 Å². The minimum atomic E-state index is -2.83. The van der Waals surface area contributed by atoms with Crippen LogP contribution in [0.4, 0.5) is 8.78 Å². The third-order valence-corrected chi connectivity index (χ3v) is 7.53. The van der Waals surface area contributed by atoms with E-state index in [0.717, 1.165) is 67.3 Å². The third-order valence-electron chi connectivity index (χ3n) is 6.76. The summed E-state index contributed by atoms with van der Waals surface area (Å²) < 4.78 is 33.1. The highest BCUT2D eigenvalue weighted by atomic mass is 79.9. The maximum atomic E-state index is 12.8. The zero-order valence-electron chi connectivity index (χ0n) is 20.6. The molecule has 7 nitrogen and oxygen atoms in total. The van der Waals surface area contributed by atoms with Gasteiger partial charge in [0.1, 0.15) is 11.9 Å². The molecule has 1 fully saturated rings. The van der Waals surface area contributed by atoms with Crippen molar-refractivity contribution in [1.29, 1.82) is 0 Å². The quantitative estimate of drug-likeness (QED) is 0.313. The lowest BCUT2D eigenvalue weighted by Crippen LogP contribution is -2.41. The standard InChI is InChI=1S/C27H31BrF2N4O3/c28-24-9-8-23(37-26(29)30)17-22(24)16-20-10-14-32(15-11-20)12-4-5-13-34-27(36)33(25(35)18-31-34)19-21-6-2-1-3-7-21/h1-3,6-9,17-18,20,26H,4-5,10-16,19H2. The molecule has 1 saturated heterocycles. The first-order valence-electron chi connectivity index (χ1n) is 12.6. The molecule has 1 aromatic heterocycles. The van der Waals surface area contributed by atoms with Crippen LogP contribution in [-0.2, 0) is 19.5 Å². The Morgan fingerprint density at radius 3 is 2.49 bits per heavy atom. The molecule has 0 saturated carbocycles. The van der Waals surface area contributed by atoms with Gasteiger partial charge in [-0.1, -0.05) is 46.3 Å². The highest BCUT2D eigenvalue weighted by Gasteiger charge is 2.20. The minimum absolute atomic E-state index is 0.190. The summed E-state index contributed by atoms with van der Waals surface area (Å²) >= 11 is 3.52. The van der Waals surface area contributed by atoms with Gasteiger partial charge in [-0.3, -0.25) is 9.36 Å². The van der Waals surface area contributed by atoms with E-state index in [1.165, 1.54) is 15.4 Å². The van der Waals surface area contributed by atoms with E-state index in [9.17, 15) is 18.4 Å². The number of likely N-dealkylation sites (tertiary alicyclic amines) is 1. The van der Waals surface area contributed by atoms with Gasteiger partial charge < -0.3 is 9.64 Å². The average Bonchev–Trinajstić information content (AvgIpc) is 2.89. The van der Waals surface area contributed by atoms with Crippen LogP contribution < -0.4 is 16.0 Å². The van der Waals surface area contributed by atoms with Crippen LogP contribution in [0.3, 0.4) is 0 Å². The van der Waals surface area contributed by atoms with Crippen molar-refractivity contribution < 1.29 is 13.5 Å². The maximum absolute atomic E-state index is 12.8. The van der Waals surface area contributed by atoms with Crippen LogP contribution in [0, 0.1) is 5.92 Å². The molecule has 0 N–H and O–H groups in total. The number of rotatable bonds is 11. The average molecular weight is 577 g/mol. The molecule has 0 aliphatic carbocycles. The molecule has 0 amide bonds. The Balaban J connectivity index is 1.22. The number of nitrogens with zero attached hydrogens (tertiary/aromatic N) is 4. The molecule has 2 heterocycles. The molecule has 0 radical (unpaired) electrons. The summed E-state index contributed by atoms with van der Waals surface area (Å²) in [5.74, 6) is 0.678. The smallest absolute Gasteiger partial charge is 0.387 e. The molecule has 0 spiro atoms. The number of aromatic nitrogens is 3. The lowest BCUT2D eigenvalue weighted by molar-refractivity contribution is -0.0499. The SMILES string of the molecule is O=c1cnn(CCCCN2CCC(Cc3cc(OC(F)F)ccc3Br)CC2)c(=O)n1Cc1ccccc1. The number of unbranched alkanes of at least 4 members (excludes halogenated alkanes) is 1. The topological polar surface area (TPSA) is 69.4 Å². The van der Waals surface area contributed by atoms with Crippen molar-refractivity contribution in [3.05, 3.63) is 91.2 Å². The second-order valence-electron chi connectivity index (χ2n) is 9.39. The molecule has 1 aliphatic rings. The van der Waals surface area contributed by atoms with Gasteiger partial charge in [-0.2, -0.15) is 13.9 Å². The first kappa shape index (κ1) is 27.2. The number of alkyl halides is 2. The van der Waals surface area contributed by atoms with E-state index in [1.807, 2.05) is 30.3 Å². The fraction of sp³-hybridized carbons (Fsp3) is 0.444. The molecule has 10 heteroatoms. The molecular formula is C27H31BrF2N4O3. The van der Waals surface area contributed by atoms with Crippen molar-refractivity contribution in [2.24, 2.45) is 5.92 Å². The Kier molecular flexibility index (Phi) is 9.62. The molecule has 198 valence electrons. The van der Waals surface area contributed by atoms with Crippen molar-refractivity contribution in [2.75, 3.05) is 19.6 Å². The summed E-state index contributed by atoms with van der Waals surface area (Å²) in [6.07, 6.45) is 5.83. The fourth-order valence-electron chi connectivity index (χ4n) is 4.74. The van der Waals surface area contributed by atoms with Crippen LogP contribution in [0.5, 0.6) is 5.75 Å². The Morgan fingerprint density at radius 1 is 1.03 bits per heavy atom. The molecular weight excluding hydrogens is 546 g/mol. The summed E-state index contributed by atoms with van der Waals surface area (Å²) in [7, 11) is 0. The fourth-order valence-corrected chi connectivity index (χ4v) is 5.15. The van der Waals surface area contributed by atoms with E-state index in [2.05, 4.69) is 30.7 Å². The highest BCUT2D eigenvalue weighted by molar-refractivity contribution is 9.10. The zero-order valence-corrected chi connectivity index (χ0v) is 22.2. The largest absolute Gasteiger partial charge is 0.435 e. The van der Waals surface area contributed by atoms with Crippen LogP contribution in [0.2, 0.25) is 0 Å². The van der Waals surface area contributed by atoms with Gasteiger partial charge >= 0.3 is 12.3 Å². The van der Waals surface area contributed by atoms with E-state index < -0.39 is 12.2 Å². The summed E-state index contributed by atoms with van der Waals surface area (Å²) in [5, 5.41) is 4.05. The van der Waals surface area contributed by atoms with Crippen molar-refractivity contribution >= 4 is 15.9 Å². The lowest BCUT2D eigenvalue weighted by Gasteiger charge is -2.32. The van der Waals surface area contributed by atoms with Crippen molar-refractivity contribution in [2.45, 2.75) is 51.8 Å². The molecule has 2 aromatic carbocycles. The van der Waals surface area contributed by atoms with Crippen LogP contribution in [-0.4, -0.2) is 45.5 Å². The summed E-state index contributed by atoms with van der Waals surface area (Å²) in [6, 6.07) is 14.4. The predicted molar refractivity (Wildman–Crippen MR) is 141 cm³/mol. The Morgan fingerprint density at radius 2 is 1.76 bits per heavy atom. The van der Waals surface area contributed by atoms with Crippen LogP contribution in [0.1, 0.15) is 36.8 Å². The predicted octanol–water partition coefficient (Wildman–Crippen LogP) is 4.55. The number of halogens is 3. The van der Waals surface area contributed by atoms with Crippen molar-refractivity contribution in [3.63, 3.8) is 0 Å². The number of aryl methyl sites for hydroxylation is 1. The second-order valence-corrected chi connectivity index (χ2v) is 10.2. The second kappa shape index (κ2) is 13.1.